The van der Waals surface area contributed by atoms with Crippen molar-refractivity contribution in [2.75, 3.05) is 0 Å². The molecule has 678 valence electrons. The van der Waals surface area contributed by atoms with E-state index in [1.54, 1.807) is 0 Å². The highest BCUT2D eigenvalue weighted by molar-refractivity contribution is 9.11. The molecule has 0 bridgehead atoms. The van der Waals surface area contributed by atoms with E-state index in [-0.39, 0.29) is 5.41 Å². The van der Waals surface area contributed by atoms with Crippen LogP contribution in [0, 0.1) is 222 Å². The zero-order valence-electron chi connectivity index (χ0n) is 85.0. The van der Waals surface area contributed by atoms with E-state index in [1.807, 2.05) is 6.07 Å². The van der Waals surface area contributed by atoms with Gasteiger partial charge in [-0.05, 0) is 481 Å². The Morgan fingerprint density at radius 2 is 0.400 bits per heavy atom. The van der Waals surface area contributed by atoms with E-state index in [9.17, 15) is 0 Å². The fraction of sp³-hybridized carbons (Fsp3) is 0.286. The van der Waals surface area contributed by atoms with E-state index in [1.165, 1.54) is 245 Å². The van der Waals surface area contributed by atoms with E-state index in [4.69, 9.17) is 0 Å². The molecule has 0 unspecified atom stereocenters. The summed E-state index contributed by atoms with van der Waals surface area (Å²) in [5, 5.41) is 0. The van der Waals surface area contributed by atoms with Gasteiger partial charge in [0, 0.05) is 34.4 Å². The molecule has 0 atom stereocenters. The molecule has 0 amide bonds. The smallest absolute Gasteiger partial charge is 0.0297 e. The van der Waals surface area contributed by atoms with Crippen molar-refractivity contribution in [1.29, 1.82) is 0 Å². The van der Waals surface area contributed by atoms with Crippen LogP contribution < -0.4 is 0 Å². The maximum atomic E-state index is 3.82. The van der Waals surface area contributed by atoms with Crippen LogP contribution in [0.5, 0.6) is 0 Å². The zero-order valence-corrected chi connectivity index (χ0v) is 91.3. The first-order valence-corrected chi connectivity index (χ1v) is 49.0. The molecule has 0 aromatic heterocycles. The van der Waals surface area contributed by atoms with Gasteiger partial charge in [-0.1, -0.05) is 313 Å². The Kier molecular flexibility index (Phi) is 41.0. The van der Waals surface area contributed by atoms with Crippen molar-refractivity contribution in [3.8, 4) is 44.5 Å². The molecule has 0 aliphatic rings. The summed E-state index contributed by atoms with van der Waals surface area (Å²) in [7, 11) is 0. The molecule has 0 aliphatic carbocycles. The summed E-state index contributed by atoms with van der Waals surface area (Å²) in [4.78, 5) is 0. The summed E-state index contributed by atoms with van der Waals surface area (Å²) in [6.07, 6.45) is 1.03. The summed E-state index contributed by atoms with van der Waals surface area (Å²) in [6, 6.07) is 91.9. The molecule has 4 heteroatoms. The Balaban J connectivity index is 0.000000204. The van der Waals surface area contributed by atoms with E-state index in [0.717, 1.165) is 24.3 Å². The summed E-state index contributed by atoms with van der Waals surface area (Å²) in [5.74, 6) is 0. The molecule has 0 fully saturated rings. The fourth-order valence-corrected chi connectivity index (χ4v) is 18.5. The third kappa shape index (κ3) is 30.4. The Morgan fingerprint density at radius 3 is 0.669 bits per heavy atom. The molecule has 15 aromatic carbocycles. The van der Waals surface area contributed by atoms with Crippen molar-refractivity contribution in [2.45, 2.75) is 247 Å². The lowest BCUT2D eigenvalue weighted by Crippen LogP contribution is -2.20. The number of hydrogen-bond acceptors (Lipinski definition) is 0. The van der Waals surface area contributed by atoms with Crippen LogP contribution in [0.25, 0.3) is 44.5 Å². The monoisotopic (exact) mass is 1970 g/mol. The molecule has 0 aliphatic heterocycles. The van der Waals surface area contributed by atoms with Gasteiger partial charge in [-0.3, -0.25) is 0 Å². The summed E-state index contributed by atoms with van der Waals surface area (Å²) in [6.45, 7) is 73.9. The molecule has 0 nitrogen and oxygen atoms in total. The lowest BCUT2D eigenvalue weighted by atomic mass is 9.75. The van der Waals surface area contributed by atoms with Gasteiger partial charge >= 0.3 is 0 Å². The average molecular weight is 1980 g/mol. The largest absolute Gasteiger partial charge is 0.0622 e. The second-order valence-electron chi connectivity index (χ2n) is 37.2. The van der Waals surface area contributed by atoms with E-state index in [2.05, 4.69) is 548 Å². The highest BCUT2D eigenvalue weighted by Crippen LogP contribution is 2.49. The van der Waals surface area contributed by atoms with Gasteiger partial charge in [-0.25, -0.2) is 0 Å². The number of halogens is 4. The third-order valence-electron chi connectivity index (χ3n) is 26.4. The second kappa shape index (κ2) is 49.6. The number of benzene rings is 15. The van der Waals surface area contributed by atoms with Crippen LogP contribution in [0.15, 0.2) is 273 Å². The molecule has 0 saturated heterocycles. The van der Waals surface area contributed by atoms with Gasteiger partial charge in [0.15, 0.2) is 0 Å². The first kappa shape index (κ1) is 107. The second-order valence-corrected chi connectivity index (χ2v) is 40.4. The number of hydrogen-bond donors (Lipinski definition) is 0. The van der Waals surface area contributed by atoms with Gasteiger partial charge in [-0.15, -0.1) is 0 Å². The first-order chi connectivity index (χ1) is 61.1. The standard InChI is InChI=1S/C21H28.C18H18Br4.C18H22.C16H18.C15H16.C13H12.C9H12.2C8H10/c1-13-9-19(10-14(2)17(13)5)21(7,8)20-11-15(3)18(6)16(4)12-20;1-7-9(3)15(19)13(16(20)10(7)4)14-17(21)11(5)8(2)12(6)18(14)22;1-11-7-17(8-12(2)15(11)5)18-9-13(3)16(6)14(4)10-18;1-11-5-7-15(9-13(11)3)16-8-6-12(2)14(4)10-16;1-12-3-7-14(8-4-12)11-15-9-5-13(2)6-10-15;1-11-7-9-13(10-8-11)12-5-3-2-4-6-12;1-7-4-5-8(2)9(3)6-7;1-7-3-5-8(2)6-4-7;1-7-4-3-5-8(2)6-7/h9-12H,1-8H3;1-6H3;7-10H,1-6H3;5-10H,1-4H3;3-10H,11H2,1-2H3;2-10H,1H3;4-6H,1-3H3;2*3-6H,1-2H3. The Bertz CT molecular complexity index is 5860. The molecule has 15 aromatic rings. The summed E-state index contributed by atoms with van der Waals surface area (Å²) in [5.41, 5.74) is 59.1. The van der Waals surface area contributed by atoms with Crippen molar-refractivity contribution in [2.24, 2.45) is 0 Å². The van der Waals surface area contributed by atoms with Crippen molar-refractivity contribution >= 4 is 63.7 Å². The quantitative estimate of drug-likeness (QED) is 0.142. The van der Waals surface area contributed by atoms with Crippen molar-refractivity contribution in [3.05, 3.63) is 473 Å². The van der Waals surface area contributed by atoms with Crippen molar-refractivity contribution in [3.63, 3.8) is 0 Å². The lowest BCUT2D eigenvalue weighted by molar-refractivity contribution is 0.637. The number of rotatable bonds is 8. The van der Waals surface area contributed by atoms with Gasteiger partial charge in [-0.2, -0.15) is 0 Å². The molecule has 0 saturated carbocycles. The first-order valence-electron chi connectivity index (χ1n) is 45.8. The van der Waals surface area contributed by atoms with Crippen molar-refractivity contribution < 1.29 is 0 Å². The zero-order chi connectivity index (χ0) is 96.6. The van der Waals surface area contributed by atoms with Gasteiger partial charge < -0.3 is 0 Å². The van der Waals surface area contributed by atoms with Gasteiger partial charge in [0.25, 0.3) is 0 Å². The SMILES string of the molecule is Cc1c(C)c(Br)c(-c2c(Br)c(C)c(C)c(C)c2Br)c(Br)c1C.Cc1cc(-c2cc(C)c(C)c(C)c2)cc(C)c1C.Cc1cc(C(C)(C)c2cc(C)c(C)c(C)c2)cc(C)c1C.Cc1ccc(-c2ccc(C)c(C)c2)cc1C.Cc1ccc(-c2ccccc2)cc1.Cc1ccc(C)c(C)c1.Cc1ccc(C)cc1.Cc1ccc(Cc2ccc(C)cc2)cc1.Cc1cccc(C)c1. The molecule has 0 N–H and O–H groups in total. The molecular formula is C126H146Br4. The van der Waals surface area contributed by atoms with Gasteiger partial charge in [0.05, 0.1) is 0 Å². The Morgan fingerprint density at radius 1 is 0.169 bits per heavy atom. The van der Waals surface area contributed by atoms with Gasteiger partial charge in [0.1, 0.15) is 0 Å². The van der Waals surface area contributed by atoms with Gasteiger partial charge in [0.2, 0.25) is 0 Å². The topological polar surface area (TPSA) is 0 Å². The predicted molar refractivity (Wildman–Crippen MR) is 590 cm³/mol. The Hall–Kier alpha value is -9.78. The van der Waals surface area contributed by atoms with E-state index >= 15 is 0 Å². The minimum atomic E-state index is 0.0342. The van der Waals surface area contributed by atoms with Crippen LogP contribution >= 0.6 is 63.7 Å². The Labute approximate surface area is 821 Å². The van der Waals surface area contributed by atoms with Crippen LogP contribution in [0.2, 0.25) is 0 Å². The average Bonchev–Trinajstić information content (AvgIpc) is 0.765. The summed E-state index contributed by atoms with van der Waals surface area (Å²) < 4.78 is 4.58. The summed E-state index contributed by atoms with van der Waals surface area (Å²) >= 11 is 15.3. The normalized spacial score (nSPS) is 10.6. The third-order valence-corrected chi connectivity index (χ3v) is 30.4. The molecule has 130 heavy (non-hydrogen) atoms. The van der Waals surface area contributed by atoms with Crippen LogP contribution in [-0.2, 0) is 11.8 Å². The maximum absolute atomic E-state index is 3.82. The minimum Gasteiger partial charge on any atom is -0.0622 e. The molecule has 0 spiro atoms. The maximum Gasteiger partial charge on any atom is 0.0297 e. The van der Waals surface area contributed by atoms with E-state index < -0.39 is 0 Å². The van der Waals surface area contributed by atoms with E-state index in [0.29, 0.717) is 0 Å². The van der Waals surface area contributed by atoms with Crippen LogP contribution in [0.4, 0.5) is 0 Å². The minimum absolute atomic E-state index is 0.0342. The fourth-order valence-electron chi connectivity index (χ4n) is 15.2. The highest BCUT2D eigenvalue weighted by atomic mass is 79.9. The molecule has 15 rings (SSSR count). The van der Waals surface area contributed by atoms with Crippen LogP contribution in [0.3, 0.4) is 0 Å². The lowest BCUT2D eigenvalue weighted by Gasteiger charge is -2.29. The molecule has 0 heterocycles. The molecular weight excluding hydrogens is 1830 g/mol. The highest BCUT2D eigenvalue weighted by Gasteiger charge is 2.26. The van der Waals surface area contributed by atoms with Crippen molar-refractivity contribution in [1.82, 2.24) is 0 Å². The van der Waals surface area contributed by atoms with Crippen LogP contribution in [0.1, 0.15) is 214 Å². The predicted octanol–water partition coefficient (Wildman–Crippen LogP) is 38.7. The van der Waals surface area contributed by atoms with Crippen LogP contribution in [-0.4, -0.2) is 0 Å². The number of aryl methyl sites for hydroxylation is 22. The molecule has 0 radical (unpaired) electrons.